The number of para-hydroxylation sites is 1. The quantitative estimate of drug-likeness (QED) is 0.397. The van der Waals surface area contributed by atoms with Gasteiger partial charge in [0.05, 0.1) is 5.39 Å². The van der Waals surface area contributed by atoms with E-state index in [2.05, 4.69) is 22.2 Å². The lowest BCUT2D eigenvalue weighted by Crippen LogP contribution is -1.92. The first-order chi connectivity index (χ1) is 15.3. The van der Waals surface area contributed by atoms with Crippen molar-refractivity contribution in [1.29, 1.82) is 0 Å². The van der Waals surface area contributed by atoms with Gasteiger partial charge in [0.25, 0.3) is 0 Å². The van der Waals surface area contributed by atoms with E-state index in [1.165, 1.54) is 0 Å². The normalized spacial score (nSPS) is 11.4. The smallest absolute Gasteiger partial charge is 0.232 e. The van der Waals surface area contributed by atoms with Gasteiger partial charge in [-0.3, -0.25) is 0 Å². The van der Waals surface area contributed by atoms with Gasteiger partial charge in [0.2, 0.25) is 5.71 Å². The number of furan rings is 1. The molecule has 148 valence electrons. The molecule has 0 unspecified atom stereocenters. The third-order valence-electron chi connectivity index (χ3n) is 5.33. The standard InChI is InChI=1S/C25H17N5O/c26-19-14-8-7-13-18(19)23-28-24-21-20(16-9-3-1-4-10-16)22(17-11-5-2-6-12-17)31-25(21)27-15-30(24)29-23/h1-15H,26H2. The first-order valence-electron chi connectivity index (χ1n) is 9.93. The highest BCUT2D eigenvalue weighted by molar-refractivity contribution is 6.07. The summed E-state index contributed by atoms with van der Waals surface area (Å²) >= 11 is 0. The summed E-state index contributed by atoms with van der Waals surface area (Å²) in [5, 5.41) is 5.45. The lowest BCUT2D eigenvalue weighted by Gasteiger charge is -2.03. The highest BCUT2D eigenvalue weighted by Crippen LogP contribution is 2.41. The van der Waals surface area contributed by atoms with E-state index < -0.39 is 0 Å². The lowest BCUT2D eigenvalue weighted by molar-refractivity contribution is 0.617. The monoisotopic (exact) mass is 403 g/mol. The Morgan fingerprint density at radius 1 is 0.774 bits per heavy atom. The lowest BCUT2D eigenvalue weighted by atomic mass is 9.99. The Bertz CT molecular complexity index is 1530. The molecule has 0 spiro atoms. The molecule has 0 aliphatic heterocycles. The van der Waals surface area contributed by atoms with Gasteiger partial charge in [-0.2, -0.15) is 0 Å². The molecule has 0 atom stereocenters. The Morgan fingerprint density at radius 3 is 2.19 bits per heavy atom. The topological polar surface area (TPSA) is 82.2 Å². The summed E-state index contributed by atoms with van der Waals surface area (Å²) in [6.45, 7) is 0. The van der Waals surface area contributed by atoms with Crippen LogP contribution in [-0.2, 0) is 0 Å². The van der Waals surface area contributed by atoms with Crippen LogP contribution >= 0.6 is 0 Å². The summed E-state index contributed by atoms with van der Waals surface area (Å²) in [4.78, 5) is 9.37. The molecule has 6 aromatic rings. The van der Waals surface area contributed by atoms with Crippen molar-refractivity contribution in [1.82, 2.24) is 19.6 Å². The van der Waals surface area contributed by atoms with Crippen molar-refractivity contribution in [2.24, 2.45) is 0 Å². The first kappa shape index (κ1) is 17.4. The molecule has 3 aromatic carbocycles. The van der Waals surface area contributed by atoms with Gasteiger partial charge in [-0.15, -0.1) is 5.10 Å². The van der Waals surface area contributed by atoms with Crippen molar-refractivity contribution < 1.29 is 4.42 Å². The van der Waals surface area contributed by atoms with E-state index in [1.807, 2.05) is 72.8 Å². The van der Waals surface area contributed by atoms with Gasteiger partial charge in [-0.25, -0.2) is 14.5 Å². The minimum absolute atomic E-state index is 0.519. The molecule has 0 fully saturated rings. The van der Waals surface area contributed by atoms with Crippen molar-refractivity contribution in [2.45, 2.75) is 0 Å². The van der Waals surface area contributed by atoms with Crippen molar-refractivity contribution in [2.75, 3.05) is 5.73 Å². The predicted octanol–water partition coefficient (Wildman–Crippen LogP) is 5.45. The molecule has 0 saturated heterocycles. The van der Waals surface area contributed by atoms with Crippen molar-refractivity contribution >= 4 is 22.4 Å². The second-order valence-electron chi connectivity index (χ2n) is 7.25. The molecular weight excluding hydrogens is 386 g/mol. The Morgan fingerprint density at radius 2 is 1.45 bits per heavy atom. The Balaban J connectivity index is 1.70. The molecule has 6 rings (SSSR count). The fraction of sp³-hybridized carbons (Fsp3) is 0. The average Bonchev–Trinajstić information content (AvgIpc) is 3.42. The van der Waals surface area contributed by atoms with E-state index in [-0.39, 0.29) is 0 Å². The molecule has 31 heavy (non-hydrogen) atoms. The molecule has 0 amide bonds. The number of anilines is 1. The number of nitrogen functional groups attached to an aromatic ring is 1. The average molecular weight is 403 g/mol. The highest BCUT2D eigenvalue weighted by atomic mass is 16.3. The van der Waals surface area contributed by atoms with Crippen molar-refractivity contribution in [3.63, 3.8) is 0 Å². The second kappa shape index (κ2) is 6.81. The van der Waals surface area contributed by atoms with Crippen LogP contribution < -0.4 is 5.73 Å². The van der Waals surface area contributed by atoms with Crippen molar-refractivity contribution in [3.8, 4) is 33.8 Å². The summed E-state index contributed by atoms with van der Waals surface area (Å²) < 4.78 is 7.95. The number of hydrogen-bond donors (Lipinski definition) is 1. The maximum atomic E-state index is 6.27. The van der Waals surface area contributed by atoms with Gasteiger partial charge < -0.3 is 10.2 Å². The molecular formula is C25H17N5O. The minimum Gasteiger partial charge on any atom is -0.437 e. The molecule has 0 saturated carbocycles. The number of rotatable bonds is 3. The van der Waals surface area contributed by atoms with Crippen LogP contribution in [0.25, 0.3) is 50.6 Å². The third-order valence-corrected chi connectivity index (χ3v) is 5.33. The number of fused-ring (bicyclic) bond motifs is 3. The molecule has 0 radical (unpaired) electrons. The van der Waals surface area contributed by atoms with Crippen LogP contribution in [0, 0.1) is 0 Å². The number of nitrogens with zero attached hydrogens (tertiary/aromatic N) is 4. The van der Waals surface area contributed by atoms with Crippen molar-refractivity contribution in [3.05, 3.63) is 91.3 Å². The summed E-state index contributed by atoms with van der Waals surface area (Å²) in [5.74, 6) is 1.31. The van der Waals surface area contributed by atoms with E-state index in [0.717, 1.165) is 33.4 Å². The van der Waals surface area contributed by atoms with Crippen LogP contribution in [0.4, 0.5) is 5.69 Å². The molecule has 6 heteroatoms. The van der Waals surface area contributed by atoms with Gasteiger partial charge >= 0.3 is 0 Å². The zero-order valence-corrected chi connectivity index (χ0v) is 16.4. The van der Waals surface area contributed by atoms with Gasteiger partial charge in [-0.1, -0.05) is 72.8 Å². The van der Waals surface area contributed by atoms with Gasteiger partial charge in [0.1, 0.15) is 12.1 Å². The van der Waals surface area contributed by atoms with Crippen LogP contribution in [0.15, 0.2) is 95.7 Å². The number of benzene rings is 3. The summed E-state index contributed by atoms with van der Waals surface area (Å²) in [6, 6.07) is 27.7. The summed E-state index contributed by atoms with van der Waals surface area (Å²) in [5.41, 5.74) is 11.7. The van der Waals surface area contributed by atoms with Crippen LogP contribution in [0.3, 0.4) is 0 Å². The largest absolute Gasteiger partial charge is 0.437 e. The second-order valence-corrected chi connectivity index (χ2v) is 7.25. The van der Waals surface area contributed by atoms with Crippen LogP contribution in [0.1, 0.15) is 0 Å². The number of hydrogen-bond acceptors (Lipinski definition) is 5. The molecule has 2 N–H and O–H groups in total. The van der Waals surface area contributed by atoms with Gasteiger partial charge in [0, 0.05) is 22.4 Å². The zero-order valence-electron chi connectivity index (χ0n) is 16.4. The van der Waals surface area contributed by atoms with Gasteiger partial charge in [-0.05, 0) is 17.7 Å². The van der Waals surface area contributed by atoms with Crippen LogP contribution in [-0.4, -0.2) is 19.6 Å². The molecule has 0 aliphatic rings. The SMILES string of the molecule is Nc1ccccc1-c1nc2c3c(-c4ccccc4)c(-c4ccccc4)oc3ncn2n1. The minimum atomic E-state index is 0.519. The Kier molecular flexibility index (Phi) is 3.83. The maximum absolute atomic E-state index is 6.27. The Labute approximate surface area is 177 Å². The molecule has 6 nitrogen and oxygen atoms in total. The van der Waals surface area contributed by atoms with E-state index in [9.17, 15) is 0 Å². The predicted molar refractivity (Wildman–Crippen MR) is 121 cm³/mol. The van der Waals surface area contributed by atoms with Gasteiger partial charge in [0.15, 0.2) is 11.5 Å². The third kappa shape index (κ3) is 2.77. The van der Waals surface area contributed by atoms with Crippen LogP contribution in [0.2, 0.25) is 0 Å². The fourth-order valence-electron chi connectivity index (χ4n) is 3.89. The molecule has 0 aliphatic carbocycles. The maximum Gasteiger partial charge on any atom is 0.232 e. The molecule has 3 heterocycles. The van der Waals surface area contributed by atoms with E-state index in [1.54, 1.807) is 10.8 Å². The van der Waals surface area contributed by atoms with E-state index >= 15 is 0 Å². The molecule has 0 bridgehead atoms. The highest BCUT2D eigenvalue weighted by Gasteiger charge is 2.23. The fourth-order valence-corrected chi connectivity index (χ4v) is 3.89. The van der Waals surface area contributed by atoms with Crippen LogP contribution in [0.5, 0.6) is 0 Å². The summed E-state index contributed by atoms with van der Waals surface area (Å²) in [6.07, 6.45) is 1.63. The number of nitrogens with two attached hydrogens (primary N) is 1. The molecule has 3 aromatic heterocycles. The van der Waals surface area contributed by atoms with E-state index in [4.69, 9.17) is 15.1 Å². The Hall–Kier alpha value is -4.45. The number of aromatic nitrogens is 4. The first-order valence-corrected chi connectivity index (χ1v) is 9.93. The zero-order chi connectivity index (χ0) is 20.8. The summed E-state index contributed by atoms with van der Waals surface area (Å²) in [7, 11) is 0. The van der Waals surface area contributed by atoms with E-state index in [0.29, 0.717) is 22.9 Å².